The average molecular weight is 423 g/mol. The van der Waals surface area contributed by atoms with E-state index in [0.29, 0.717) is 22.8 Å². The van der Waals surface area contributed by atoms with Crippen molar-refractivity contribution in [1.29, 1.82) is 0 Å². The van der Waals surface area contributed by atoms with E-state index in [4.69, 9.17) is 22.3 Å². The smallest absolute Gasteiger partial charge is 0.202 e. The summed E-state index contributed by atoms with van der Waals surface area (Å²) in [6, 6.07) is 5.76. The summed E-state index contributed by atoms with van der Waals surface area (Å²) in [5, 5.41) is 7.96. The third-order valence-corrected chi connectivity index (χ3v) is 4.62. The van der Waals surface area contributed by atoms with E-state index in [9.17, 15) is 4.79 Å². The Morgan fingerprint density at radius 2 is 2.04 bits per heavy atom. The zero-order valence-corrected chi connectivity index (χ0v) is 17.8. The van der Waals surface area contributed by atoms with E-state index in [0.717, 1.165) is 23.1 Å². The number of pyridine rings is 1. The highest BCUT2D eigenvalue weighted by molar-refractivity contribution is 6.49. The summed E-state index contributed by atoms with van der Waals surface area (Å²) in [5.41, 5.74) is 8.69. The van der Waals surface area contributed by atoms with Gasteiger partial charge in [-0.2, -0.15) is 0 Å². The Hall–Kier alpha value is -2.35. The topological polar surface area (TPSA) is 84.8 Å². The van der Waals surface area contributed by atoms with Gasteiger partial charge in [0.15, 0.2) is 5.82 Å². The molecule has 3 N–H and O–H groups in total. The van der Waals surface area contributed by atoms with Crippen LogP contribution in [0.5, 0.6) is 0 Å². The minimum Gasteiger partial charge on any atom is -1.00 e. The number of fused-ring (bicyclic) bond motifs is 1. The van der Waals surface area contributed by atoms with Crippen LogP contribution in [-0.2, 0) is 4.79 Å². The number of ketones is 1. The SMILES string of the molecule is CC1=C/C(=N\c2c(NCC[N+](C)(C)C)nn3ccccc23)C(N)=C(Cl)C1=O.[Cl-]. The first-order valence-electron chi connectivity index (χ1n) is 8.66. The van der Waals surface area contributed by atoms with Crippen LogP contribution in [0.2, 0.25) is 0 Å². The van der Waals surface area contributed by atoms with E-state index >= 15 is 0 Å². The molecule has 2 aromatic rings. The molecule has 1 aliphatic rings. The van der Waals surface area contributed by atoms with Gasteiger partial charge in [-0.1, -0.05) is 17.7 Å². The summed E-state index contributed by atoms with van der Waals surface area (Å²) in [6.45, 7) is 3.36. The first-order valence-corrected chi connectivity index (χ1v) is 9.04. The van der Waals surface area contributed by atoms with E-state index in [1.54, 1.807) is 17.5 Å². The van der Waals surface area contributed by atoms with Gasteiger partial charge in [-0.25, -0.2) is 9.51 Å². The number of nitrogens with one attached hydrogen (secondary N) is 1. The second-order valence-corrected chi connectivity index (χ2v) is 7.93. The fraction of sp³-hybridized carbons (Fsp3) is 0.316. The molecule has 9 heteroatoms. The molecule has 1 aliphatic carbocycles. The molecule has 3 rings (SSSR count). The van der Waals surface area contributed by atoms with E-state index in [-0.39, 0.29) is 28.9 Å². The highest BCUT2D eigenvalue weighted by atomic mass is 35.5. The third-order valence-electron chi connectivity index (χ3n) is 4.24. The molecule has 0 bridgehead atoms. The molecule has 0 saturated heterocycles. The van der Waals surface area contributed by atoms with Gasteiger partial charge in [0.05, 0.1) is 51.2 Å². The number of nitrogens with zero attached hydrogens (tertiary/aromatic N) is 4. The lowest BCUT2D eigenvalue weighted by Crippen LogP contribution is -3.00. The highest BCUT2D eigenvalue weighted by Crippen LogP contribution is 2.31. The second kappa shape index (κ2) is 8.34. The van der Waals surface area contributed by atoms with Crippen LogP contribution in [-0.4, -0.2) is 59.8 Å². The Kier molecular flexibility index (Phi) is 6.54. The van der Waals surface area contributed by atoms with Gasteiger partial charge in [0.2, 0.25) is 5.78 Å². The largest absolute Gasteiger partial charge is 1.00 e. The lowest BCUT2D eigenvalue weighted by atomic mass is 10.0. The molecule has 0 fully saturated rings. The number of Topliss-reactive ketones (excluding diaryl/α,β-unsaturated/α-hetero) is 1. The number of nitrogens with two attached hydrogens (primary N) is 1. The van der Waals surface area contributed by atoms with Crippen molar-refractivity contribution in [3.63, 3.8) is 0 Å². The number of allylic oxidation sites excluding steroid dienone is 3. The molecule has 0 unspecified atom stereocenters. The number of anilines is 1. The molecule has 0 spiro atoms. The summed E-state index contributed by atoms with van der Waals surface area (Å²) >= 11 is 6.08. The molecule has 0 aliphatic heterocycles. The Morgan fingerprint density at radius 1 is 1.32 bits per heavy atom. The van der Waals surface area contributed by atoms with E-state index in [2.05, 4.69) is 31.6 Å². The number of aliphatic imine (C=N–C) groups is 1. The van der Waals surface area contributed by atoms with Crippen molar-refractivity contribution < 1.29 is 21.7 Å². The van der Waals surface area contributed by atoms with Gasteiger partial charge < -0.3 is 27.9 Å². The number of hydrogen-bond acceptors (Lipinski definition) is 5. The molecule has 0 amide bonds. The Labute approximate surface area is 175 Å². The first kappa shape index (κ1) is 21.9. The van der Waals surface area contributed by atoms with Crippen molar-refractivity contribution in [2.75, 3.05) is 39.5 Å². The minimum atomic E-state index is -0.269. The van der Waals surface area contributed by atoms with Crippen LogP contribution in [0.3, 0.4) is 0 Å². The number of aromatic nitrogens is 2. The number of hydrogen-bond donors (Lipinski definition) is 2. The summed E-state index contributed by atoms with van der Waals surface area (Å²) in [4.78, 5) is 16.7. The number of likely N-dealkylation sites (N-methyl/N-ethyl adjacent to an activating group) is 1. The van der Waals surface area contributed by atoms with Gasteiger partial charge in [0, 0.05) is 11.8 Å². The molecule has 7 nitrogen and oxygen atoms in total. The number of quaternary nitrogens is 1. The van der Waals surface area contributed by atoms with Gasteiger partial charge in [-0.15, -0.1) is 5.10 Å². The summed E-state index contributed by atoms with van der Waals surface area (Å²) in [5.74, 6) is 0.392. The number of carbonyl (C=O) groups excluding carboxylic acids is 1. The van der Waals surface area contributed by atoms with Crippen molar-refractivity contribution in [1.82, 2.24) is 9.61 Å². The third kappa shape index (κ3) is 4.55. The zero-order chi connectivity index (χ0) is 19.8. The van der Waals surface area contributed by atoms with Gasteiger partial charge in [0.1, 0.15) is 10.7 Å². The fourth-order valence-corrected chi connectivity index (χ4v) is 2.94. The van der Waals surface area contributed by atoms with Crippen LogP contribution in [0.4, 0.5) is 11.5 Å². The quantitative estimate of drug-likeness (QED) is 0.500. The molecule has 0 aromatic carbocycles. The number of carbonyl (C=O) groups is 1. The van der Waals surface area contributed by atoms with E-state index in [1.165, 1.54) is 0 Å². The van der Waals surface area contributed by atoms with Crippen molar-refractivity contribution in [3.05, 3.63) is 46.8 Å². The maximum atomic E-state index is 12.0. The Morgan fingerprint density at radius 3 is 2.71 bits per heavy atom. The van der Waals surface area contributed by atoms with Gasteiger partial charge in [-0.05, 0) is 25.1 Å². The summed E-state index contributed by atoms with van der Waals surface area (Å²) in [6.07, 6.45) is 3.52. The predicted molar refractivity (Wildman–Crippen MR) is 110 cm³/mol. The van der Waals surface area contributed by atoms with Gasteiger partial charge in [-0.3, -0.25) is 4.79 Å². The van der Waals surface area contributed by atoms with Gasteiger partial charge in [0.25, 0.3) is 0 Å². The predicted octanol–water partition coefficient (Wildman–Crippen LogP) is -0.533. The average Bonchev–Trinajstić information content (AvgIpc) is 2.94. The minimum absolute atomic E-state index is 0. The number of rotatable bonds is 5. The lowest BCUT2D eigenvalue weighted by molar-refractivity contribution is -0.868. The van der Waals surface area contributed by atoms with Crippen LogP contribution >= 0.6 is 11.6 Å². The summed E-state index contributed by atoms with van der Waals surface area (Å²) in [7, 11) is 6.39. The second-order valence-electron chi connectivity index (χ2n) is 7.55. The van der Waals surface area contributed by atoms with Crippen LogP contribution in [0.1, 0.15) is 6.92 Å². The zero-order valence-electron chi connectivity index (χ0n) is 16.3. The molecule has 2 heterocycles. The lowest BCUT2D eigenvalue weighted by Gasteiger charge is -2.23. The van der Waals surface area contributed by atoms with Crippen molar-refractivity contribution >= 4 is 40.1 Å². The highest BCUT2D eigenvalue weighted by Gasteiger charge is 2.23. The Balaban J connectivity index is 0.00000280. The van der Waals surface area contributed by atoms with Crippen molar-refractivity contribution in [2.24, 2.45) is 10.7 Å². The standard InChI is InChI=1S/C19H23ClN6O.ClH/c1-12-11-13(16(21)15(20)18(12)27)23-17-14-7-5-6-9-25(14)24-19(17)22-8-10-26(2,3)4;/h5-7,9,11H,8,10H2,1-4H3,(H2-,21,22,24,27);1H/b23-13+;. The molecular formula is C19H24Cl2N6O. The fourth-order valence-electron chi connectivity index (χ4n) is 2.69. The van der Waals surface area contributed by atoms with E-state index in [1.807, 2.05) is 24.4 Å². The monoisotopic (exact) mass is 422 g/mol. The van der Waals surface area contributed by atoms with E-state index < -0.39 is 0 Å². The molecule has 28 heavy (non-hydrogen) atoms. The molecule has 150 valence electrons. The summed E-state index contributed by atoms with van der Waals surface area (Å²) < 4.78 is 2.60. The van der Waals surface area contributed by atoms with Crippen LogP contribution in [0, 0.1) is 0 Å². The molecular weight excluding hydrogens is 399 g/mol. The number of halogens is 2. The molecule has 0 saturated carbocycles. The van der Waals surface area contributed by atoms with Crippen LogP contribution in [0.25, 0.3) is 5.52 Å². The van der Waals surface area contributed by atoms with Gasteiger partial charge >= 0.3 is 0 Å². The molecule has 0 radical (unpaired) electrons. The maximum absolute atomic E-state index is 12.0. The Bertz CT molecular complexity index is 998. The van der Waals surface area contributed by atoms with Crippen molar-refractivity contribution in [3.8, 4) is 0 Å². The first-order chi connectivity index (χ1) is 12.7. The maximum Gasteiger partial charge on any atom is 0.202 e. The molecule has 0 atom stereocenters. The van der Waals surface area contributed by atoms with Crippen LogP contribution in [0.15, 0.2) is 51.8 Å². The van der Waals surface area contributed by atoms with Crippen molar-refractivity contribution in [2.45, 2.75) is 6.92 Å². The van der Waals surface area contributed by atoms with Crippen LogP contribution < -0.4 is 23.5 Å². The normalized spacial score (nSPS) is 16.4. The molecule has 2 aromatic heterocycles.